The van der Waals surface area contributed by atoms with Crippen molar-refractivity contribution < 1.29 is 31.8 Å². The maximum atomic E-state index is 13.7. The summed E-state index contributed by atoms with van der Waals surface area (Å²) >= 11 is 0. The lowest BCUT2D eigenvalue weighted by molar-refractivity contribution is -0.136. The van der Waals surface area contributed by atoms with Gasteiger partial charge in [0.2, 0.25) is 0 Å². The van der Waals surface area contributed by atoms with Crippen molar-refractivity contribution in [2.45, 2.75) is 19.2 Å². The second kappa shape index (κ2) is 7.83. The van der Waals surface area contributed by atoms with Crippen molar-refractivity contribution in [3.05, 3.63) is 58.9 Å². The molecule has 3 rings (SSSR count). The van der Waals surface area contributed by atoms with Crippen LogP contribution in [0.4, 0.5) is 28.0 Å². The molecule has 0 saturated heterocycles. The van der Waals surface area contributed by atoms with E-state index in [9.17, 15) is 22.4 Å². The van der Waals surface area contributed by atoms with E-state index in [1.165, 1.54) is 30.3 Å². The summed E-state index contributed by atoms with van der Waals surface area (Å²) in [4.78, 5) is 11.9. The fourth-order valence-electron chi connectivity index (χ4n) is 2.76. The Morgan fingerprint density at radius 2 is 1.96 bits per heavy atom. The van der Waals surface area contributed by atoms with Crippen LogP contribution in [0.2, 0.25) is 0 Å². The van der Waals surface area contributed by atoms with Gasteiger partial charge in [-0.15, -0.1) is 0 Å². The highest BCUT2D eigenvalue weighted by molar-refractivity contribution is 5.90. The van der Waals surface area contributed by atoms with E-state index in [0.29, 0.717) is 16.9 Å². The largest absolute Gasteiger partial charge is 0.467 e. The summed E-state index contributed by atoms with van der Waals surface area (Å²) in [5.74, 6) is 0.0497. The highest BCUT2D eigenvalue weighted by atomic mass is 19.4. The number of ether oxygens (including phenoxy) is 2. The second-order valence-corrected chi connectivity index (χ2v) is 5.84. The number of carbonyl (C=O) groups is 1. The second-order valence-electron chi connectivity index (χ2n) is 5.84. The molecule has 27 heavy (non-hydrogen) atoms. The van der Waals surface area contributed by atoms with Crippen LogP contribution in [-0.2, 0) is 23.9 Å². The molecule has 0 spiro atoms. The van der Waals surface area contributed by atoms with Crippen molar-refractivity contribution in [3.8, 4) is 5.75 Å². The Bertz CT molecular complexity index is 840. The molecule has 2 N–H and O–H groups in total. The Hall–Kier alpha value is -2.81. The van der Waals surface area contributed by atoms with Crippen LogP contribution in [0.3, 0.4) is 0 Å². The normalized spacial score (nSPS) is 13.5. The van der Waals surface area contributed by atoms with Crippen molar-refractivity contribution in [1.82, 2.24) is 5.32 Å². The molecule has 2 amide bonds. The van der Waals surface area contributed by atoms with Crippen molar-refractivity contribution in [3.63, 3.8) is 0 Å². The van der Waals surface area contributed by atoms with Crippen LogP contribution in [-0.4, -0.2) is 19.4 Å². The average Bonchev–Trinajstić information content (AvgIpc) is 2.61. The number of hydrogen-bond donors (Lipinski definition) is 2. The number of benzene rings is 2. The van der Waals surface area contributed by atoms with Crippen LogP contribution >= 0.6 is 0 Å². The zero-order chi connectivity index (χ0) is 19.4. The fourth-order valence-corrected chi connectivity index (χ4v) is 2.76. The minimum absolute atomic E-state index is 0.0494. The molecule has 1 aliphatic rings. The van der Waals surface area contributed by atoms with Crippen molar-refractivity contribution in [2.75, 3.05) is 18.7 Å². The lowest BCUT2D eigenvalue weighted by Crippen LogP contribution is -2.31. The molecule has 0 unspecified atom stereocenters. The Kier molecular flexibility index (Phi) is 5.50. The molecule has 1 aliphatic heterocycles. The van der Waals surface area contributed by atoms with Crippen LogP contribution in [0.15, 0.2) is 36.4 Å². The Balaban J connectivity index is 1.61. The van der Waals surface area contributed by atoms with Gasteiger partial charge in [0.05, 0.1) is 17.9 Å². The quantitative estimate of drug-likeness (QED) is 0.782. The molecule has 0 fully saturated rings. The van der Waals surface area contributed by atoms with Gasteiger partial charge in [-0.05, 0) is 36.2 Å². The van der Waals surface area contributed by atoms with E-state index in [-0.39, 0.29) is 32.1 Å². The SMILES string of the molecule is O=C(NCCc1cc(F)cc2c1OCOC2)Nc1ccccc1C(F)(F)F. The molecule has 2 aromatic rings. The first-order chi connectivity index (χ1) is 12.8. The van der Waals surface area contributed by atoms with Gasteiger partial charge in [-0.2, -0.15) is 13.2 Å². The molecule has 0 aliphatic carbocycles. The standard InChI is InChI=1S/C18H16F4N2O3/c19-13-7-11(16-12(8-13)9-26-10-27-16)5-6-23-17(25)24-15-4-2-1-3-14(15)18(20,21)22/h1-4,7-8H,5-6,9-10H2,(H2,23,24,25). The van der Waals surface area contributed by atoms with Gasteiger partial charge in [-0.1, -0.05) is 12.1 Å². The van der Waals surface area contributed by atoms with Crippen molar-refractivity contribution in [2.24, 2.45) is 0 Å². The van der Waals surface area contributed by atoms with Crippen LogP contribution in [0.1, 0.15) is 16.7 Å². The number of fused-ring (bicyclic) bond motifs is 1. The number of carbonyl (C=O) groups excluding carboxylic acids is 1. The Morgan fingerprint density at radius 3 is 2.74 bits per heavy atom. The van der Waals surface area contributed by atoms with Gasteiger partial charge >= 0.3 is 12.2 Å². The minimum atomic E-state index is -4.58. The minimum Gasteiger partial charge on any atom is -0.467 e. The number of para-hydroxylation sites is 1. The summed E-state index contributed by atoms with van der Waals surface area (Å²) in [5, 5.41) is 4.64. The maximum absolute atomic E-state index is 13.7. The van der Waals surface area contributed by atoms with Gasteiger partial charge in [-0.3, -0.25) is 0 Å². The average molecular weight is 384 g/mol. The van der Waals surface area contributed by atoms with Gasteiger partial charge < -0.3 is 20.1 Å². The van der Waals surface area contributed by atoms with E-state index < -0.39 is 23.6 Å². The molecule has 0 aromatic heterocycles. The van der Waals surface area contributed by atoms with E-state index in [0.717, 1.165) is 6.07 Å². The number of halogens is 4. The van der Waals surface area contributed by atoms with Crippen molar-refractivity contribution in [1.29, 1.82) is 0 Å². The number of urea groups is 1. The van der Waals surface area contributed by atoms with E-state index in [1.54, 1.807) is 0 Å². The molecule has 1 heterocycles. The highest BCUT2D eigenvalue weighted by Crippen LogP contribution is 2.34. The van der Waals surface area contributed by atoms with Gasteiger partial charge in [0.15, 0.2) is 6.79 Å². The van der Waals surface area contributed by atoms with Gasteiger partial charge in [0.25, 0.3) is 0 Å². The Labute approximate surface area is 152 Å². The zero-order valence-electron chi connectivity index (χ0n) is 14.0. The third kappa shape index (κ3) is 4.68. The third-order valence-electron chi connectivity index (χ3n) is 3.91. The molecular weight excluding hydrogens is 368 g/mol. The monoisotopic (exact) mass is 384 g/mol. The number of hydrogen-bond acceptors (Lipinski definition) is 3. The predicted octanol–water partition coefficient (Wildman–Crippen LogP) is 4.08. The van der Waals surface area contributed by atoms with Gasteiger partial charge in [0, 0.05) is 12.1 Å². The summed E-state index contributed by atoms with van der Waals surface area (Å²) in [7, 11) is 0. The summed E-state index contributed by atoms with van der Waals surface area (Å²) < 4.78 is 63.0. The molecule has 0 saturated carbocycles. The summed E-state index contributed by atoms with van der Waals surface area (Å²) in [5.41, 5.74) is -0.164. The summed E-state index contributed by atoms with van der Waals surface area (Å²) in [6.45, 7) is 0.357. The van der Waals surface area contributed by atoms with Crippen LogP contribution in [0.25, 0.3) is 0 Å². The first kappa shape index (κ1) is 19.0. The van der Waals surface area contributed by atoms with E-state index in [4.69, 9.17) is 9.47 Å². The topological polar surface area (TPSA) is 59.6 Å². The molecule has 144 valence electrons. The smallest absolute Gasteiger partial charge is 0.418 e. The Morgan fingerprint density at radius 1 is 1.19 bits per heavy atom. The van der Waals surface area contributed by atoms with Crippen LogP contribution < -0.4 is 15.4 Å². The molecule has 0 bridgehead atoms. The number of amides is 2. The first-order valence-corrected chi connectivity index (χ1v) is 8.07. The van der Waals surface area contributed by atoms with E-state index in [2.05, 4.69) is 10.6 Å². The van der Waals surface area contributed by atoms with E-state index in [1.807, 2.05) is 0 Å². The predicted molar refractivity (Wildman–Crippen MR) is 88.9 cm³/mol. The molecule has 9 heteroatoms. The number of nitrogens with one attached hydrogen (secondary N) is 2. The number of anilines is 1. The summed E-state index contributed by atoms with van der Waals surface area (Å²) in [6, 6.07) is 6.50. The third-order valence-corrected chi connectivity index (χ3v) is 3.91. The van der Waals surface area contributed by atoms with E-state index >= 15 is 0 Å². The van der Waals surface area contributed by atoms with Gasteiger partial charge in [-0.25, -0.2) is 9.18 Å². The molecule has 0 radical (unpaired) electrons. The fraction of sp³-hybridized carbons (Fsp3) is 0.278. The summed E-state index contributed by atoms with van der Waals surface area (Å²) in [6.07, 6.45) is -4.33. The first-order valence-electron chi connectivity index (χ1n) is 8.07. The van der Waals surface area contributed by atoms with Crippen LogP contribution in [0, 0.1) is 5.82 Å². The molecule has 0 atom stereocenters. The lowest BCUT2D eigenvalue weighted by atomic mass is 10.1. The lowest BCUT2D eigenvalue weighted by Gasteiger charge is -2.21. The van der Waals surface area contributed by atoms with Crippen LogP contribution in [0.5, 0.6) is 5.75 Å². The highest BCUT2D eigenvalue weighted by Gasteiger charge is 2.33. The molecule has 2 aromatic carbocycles. The van der Waals surface area contributed by atoms with Crippen molar-refractivity contribution >= 4 is 11.7 Å². The maximum Gasteiger partial charge on any atom is 0.418 e. The molecule has 5 nitrogen and oxygen atoms in total. The number of rotatable bonds is 4. The number of alkyl halides is 3. The zero-order valence-corrected chi connectivity index (χ0v) is 14.0. The molecular formula is C18H16F4N2O3. The van der Waals surface area contributed by atoms with Gasteiger partial charge in [0.1, 0.15) is 11.6 Å².